The van der Waals surface area contributed by atoms with E-state index >= 15 is 0 Å². The highest BCUT2D eigenvalue weighted by Crippen LogP contribution is 2.24. The second-order valence-electron chi connectivity index (χ2n) is 4.13. The summed E-state index contributed by atoms with van der Waals surface area (Å²) in [7, 11) is 3.29. The van der Waals surface area contributed by atoms with Crippen LogP contribution in [0.4, 0.5) is 0 Å². The minimum absolute atomic E-state index is 0.776. The minimum Gasteiger partial charge on any atom is -0.497 e. The summed E-state index contributed by atoms with van der Waals surface area (Å²) in [5.74, 6) is 2.39. The van der Waals surface area contributed by atoms with Gasteiger partial charge >= 0.3 is 0 Å². The highest BCUT2D eigenvalue weighted by molar-refractivity contribution is 14.1. The Morgan fingerprint density at radius 2 is 1.30 bits per heavy atom. The van der Waals surface area contributed by atoms with E-state index in [-0.39, 0.29) is 0 Å². The molecule has 0 aromatic heterocycles. The van der Waals surface area contributed by atoms with Crippen LogP contribution in [0.5, 0.6) is 17.2 Å². The Labute approximate surface area is 132 Å². The van der Waals surface area contributed by atoms with Crippen LogP contribution in [0.3, 0.4) is 0 Å². The molecule has 2 rings (SSSR count). The molecule has 2 aromatic rings. The number of methoxy groups -OCH3 is 2. The average Bonchev–Trinajstić information content (AvgIpc) is 2.53. The van der Waals surface area contributed by atoms with Gasteiger partial charge in [0, 0.05) is 6.07 Å². The Hall–Kier alpha value is -1.69. The van der Waals surface area contributed by atoms with Crippen molar-refractivity contribution >= 4 is 35.2 Å². The predicted molar refractivity (Wildman–Crippen MR) is 89.6 cm³/mol. The van der Waals surface area contributed by atoms with Crippen molar-refractivity contribution < 1.29 is 12.5 Å². The summed E-state index contributed by atoms with van der Waals surface area (Å²) < 4.78 is 15.6. The van der Waals surface area contributed by atoms with Crippen molar-refractivity contribution in [2.45, 2.75) is 0 Å². The molecule has 0 fully saturated rings. The van der Waals surface area contributed by atoms with Gasteiger partial charge in [0.05, 0.1) is 14.2 Å². The lowest BCUT2D eigenvalue weighted by Gasteiger charge is -2.05. The zero-order valence-electron chi connectivity index (χ0n) is 11.3. The largest absolute Gasteiger partial charge is 0.497 e. The van der Waals surface area contributed by atoms with Gasteiger partial charge in [0.2, 0.25) is 0 Å². The fraction of sp³-hybridized carbons (Fsp3) is 0.125. The Balaban J connectivity index is 2.21. The van der Waals surface area contributed by atoms with Gasteiger partial charge in [0.25, 0.3) is 0 Å². The van der Waals surface area contributed by atoms with Crippen LogP contribution in [0.1, 0.15) is 11.1 Å². The predicted octanol–water partition coefficient (Wildman–Crippen LogP) is 4.60. The maximum absolute atomic E-state index is 5.25. The van der Waals surface area contributed by atoms with Gasteiger partial charge in [-0.2, -0.15) is 0 Å². The lowest BCUT2D eigenvalue weighted by atomic mass is 10.1. The maximum atomic E-state index is 5.25. The first-order valence-electron chi connectivity index (χ1n) is 6.05. The van der Waals surface area contributed by atoms with Crippen molar-refractivity contribution in [1.82, 2.24) is 0 Å². The molecule has 0 atom stereocenters. The molecule has 4 heteroatoms. The highest BCUT2D eigenvalue weighted by atomic mass is 127. The molecule has 0 radical (unpaired) electrons. The molecule has 0 saturated carbocycles. The van der Waals surface area contributed by atoms with Gasteiger partial charge in [0.15, 0.2) is 23.0 Å². The number of benzene rings is 2. The van der Waals surface area contributed by atoms with E-state index in [0.29, 0.717) is 0 Å². The van der Waals surface area contributed by atoms with Gasteiger partial charge in [-0.1, -0.05) is 24.3 Å². The molecular formula is C16H15IO3. The third-order valence-electron chi connectivity index (χ3n) is 2.81. The highest BCUT2D eigenvalue weighted by Gasteiger charge is 1.99. The first-order valence-corrected chi connectivity index (χ1v) is 6.93. The molecule has 0 aliphatic carbocycles. The maximum Gasteiger partial charge on any atom is 0.192 e. The van der Waals surface area contributed by atoms with Crippen LogP contribution >= 0.6 is 23.0 Å². The molecule has 0 spiro atoms. The normalized spacial score (nSPS) is 10.6. The van der Waals surface area contributed by atoms with E-state index in [1.807, 2.05) is 77.6 Å². The van der Waals surface area contributed by atoms with Crippen molar-refractivity contribution in [2.75, 3.05) is 14.2 Å². The van der Waals surface area contributed by atoms with Crippen LogP contribution in [0.25, 0.3) is 12.2 Å². The lowest BCUT2D eigenvalue weighted by Crippen LogP contribution is -1.88. The molecule has 3 nitrogen and oxygen atoms in total. The summed E-state index contributed by atoms with van der Waals surface area (Å²) in [6.45, 7) is 0. The van der Waals surface area contributed by atoms with Crippen molar-refractivity contribution in [1.29, 1.82) is 0 Å². The number of rotatable bonds is 5. The standard InChI is InChI=1S/C16H15IO3/c1-18-15-9-13(10-16(11-15)19-2)4-3-12-5-7-14(20-17)8-6-12/h3-11H,1-2H3/b4-3+. The summed E-state index contributed by atoms with van der Waals surface area (Å²) in [6.07, 6.45) is 4.05. The van der Waals surface area contributed by atoms with Crippen LogP contribution in [-0.2, 0) is 0 Å². The first-order chi connectivity index (χ1) is 9.75. The number of ether oxygens (including phenoxy) is 2. The van der Waals surface area contributed by atoms with Crippen molar-refractivity contribution in [3.8, 4) is 17.2 Å². The summed E-state index contributed by atoms with van der Waals surface area (Å²) >= 11 is 1.87. The minimum atomic E-state index is 0.776. The Bertz CT molecular complexity index is 569. The molecule has 20 heavy (non-hydrogen) atoms. The molecule has 0 N–H and O–H groups in total. The van der Waals surface area contributed by atoms with Gasteiger partial charge < -0.3 is 12.5 Å². The number of halogens is 1. The molecule has 0 bridgehead atoms. The SMILES string of the molecule is COc1cc(/C=C/c2ccc(OI)cc2)cc(OC)c1. The van der Waals surface area contributed by atoms with Crippen LogP contribution in [0, 0.1) is 0 Å². The molecule has 0 unspecified atom stereocenters. The molecule has 0 heterocycles. The number of hydrogen-bond donors (Lipinski definition) is 0. The van der Waals surface area contributed by atoms with Crippen molar-refractivity contribution in [2.24, 2.45) is 0 Å². The Kier molecular flexibility index (Phi) is 5.29. The third kappa shape index (κ3) is 3.90. The van der Waals surface area contributed by atoms with Crippen LogP contribution in [0.2, 0.25) is 0 Å². The first kappa shape index (κ1) is 14.7. The van der Waals surface area contributed by atoms with Crippen molar-refractivity contribution in [3.05, 3.63) is 53.6 Å². The number of hydrogen-bond acceptors (Lipinski definition) is 3. The van der Waals surface area contributed by atoms with Crippen LogP contribution in [0.15, 0.2) is 42.5 Å². The second-order valence-corrected chi connectivity index (χ2v) is 4.57. The zero-order chi connectivity index (χ0) is 14.4. The molecule has 0 amide bonds. The summed E-state index contributed by atoms with van der Waals surface area (Å²) in [4.78, 5) is 0. The Morgan fingerprint density at radius 1 is 0.750 bits per heavy atom. The van der Waals surface area contributed by atoms with E-state index in [1.165, 1.54) is 0 Å². The quantitative estimate of drug-likeness (QED) is 0.559. The van der Waals surface area contributed by atoms with Gasteiger partial charge in [-0.3, -0.25) is 0 Å². The van der Waals surface area contributed by atoms with E-state index < -0.39 is 0 Å². The lowest BCUT2D eigenvalue weighted by molar-refractivity contribution is 0.394. The second kappa shape index (κ2) is 7.19. The van der Waals surface area contributed by atoms with E-state index in [9.17, 15) is 0 Å². The fourth-order valence-corrected chi connectivity index (χ4v) is 2.04. The summed E-state index contributed by atoms with van der Waals surface area (Å²) in [6, 6.07) is 13.6. The van der Waals surface area contributed by atoms with E-state index in [4.69, 9.17) is 12.5 Å². The monoisotopic (exact) mass is 382 g/mol. The smallest absolute Gasteiger partial charge is 0.192 e. The van der Waals surface area contributed by atoms with Crippen molar-refractivity contribution in [3.63, 3.8) is 0 Å². The van der Waals surface area contributed by atoms with E-state index in [2.05, 4.69) is 0 Å². The molecular weight excluding hydrogens is 367 g/mol. The zero-order valence-corrected chi connectivity index (χ0v) is 13.5. The summed E-state index contributed by atoms with van der Waals surface area (Å²) in [5.41, 5.74) is 2.12. The topological polar surface area (TPSA) is 27.7 Å². The summed E-state index contributed by atoms with van der Waals surface area (Å²) in [5, 5.41) is 0. The van der Waals surface area contributed by atoms with Gasteiger partial charge in [0.1, 0.15) is 17.2 Å². The van der Waals surface area contributed by atoms with E-state index in [0.717, 1.165) is 28.4 Å². The molecule has 104 valence electrons. The van der Waals surface area contributed by atoms with Gasteiger partial charge in [-0.15, -0.1) is 0 Å². The molecule has 0 aliphatic rings. The molecule has 0 saturated heterocycles. The third-order valence-corrected chi connectivity index (χ3v) is 3.32. The van der Waals surface area contributed by atoms with Crippen LogP contribution < -0.4 is 12.5 Å². The van der Waals surface area contributed by atoms with Gasteiger partial charge in [-0.05, 0) is 35.4 Å². The fourth-order valence-electron chi connectivity index (χ4n) is 1.75. The average molecular weight is 382 g/mol. The van der Waals surface area contributed by atoms with Gasteiger partial charge in [-0.25, -0.2) is 0 Å². The molecule has 2 aromatic carbocycles. The Morgan fingerprint density at radius 3 is 1.80 bits per heavy atom. The van der Waals surface area contributed by atoms with Crippen LogP contribution in [-0.4, -0.2) is 14.2 Å². The molecule has 0 aliphatic heterocycles. The van der Waals surface area contributed by atoms with E-state index in [1.54, 1.807) is 14.2 Å².